The third-order valence-electron chi connectivity index (χ3n) is 1.43. The fourth-order valence-electron chi connectivity index (χ4n) is 0.755. The van der Waals surface area contributed by atoms with Crippen LogP contribution in [0.5, 0.6) is 0 Å². The molecule has 2 N–H and O–H groups in total. The van der Waals surface area contributed by atoms with E-state index in [1.165, 1.54) is 12.2 Å². The van der Waals surface area contributed by atoms with Crippen molar-refractivity contribution < 1.29 is 23.9 Å². The topological polar surface area (TPSA) is 83.8 Å². The first kappa shape index (κ1) is 13.4. The molecule has 0 aromatic heterocycles. The number of carbonyl (C=O) groups is 1. The molecule has 0 spiro atoms. The summed E-state index contributed by atoms with van der Waals surface area (Å²) in [6.07, 6.45) is 2.37. The van der Waals surface area contributed by atoms with Gasteiger partial charge in [0.2, 0.25) is 0 Å². The van der Waals surface area contributed by atoms with Crippen molar-refractivity contribution in [1.29, 1.82) is 0 Å². The van der Waals surface area contributed by atoms with Crippen molar-refractivity contribution in [3.05, 3.63) is 12.2 Å². The van der Waals surface area contributed by atoms with Gasteiger partial charge in [0.15, 0.2) is 0 Å². The van der Waals surface area contributed by atoms with Gasteiger partial charge in [-0.1, -0.05) is 12.2 Å². The van der Waals surface area contributed by atoms with Gasteiger partial charge in [-0.2, -0.15) is 0 Å². The van der Waals surface area contributed by atoms with E-state index in [1.54, 1.807) is 13.8 Å². The zero-order valence-corrected chi connectivity index (χ0v) is 9.11. The van der Waals surface area contributed by atoms with Crippen LogP contribution in [0.3, 0.4) is 0 Å². The minimum absolute atomic E-state index is 0.301. The minimum Gasteiger partial charge on any atom is -0.466 e. The first-order valence-electron chi connectivity index (χ1n) is 4.24. The van der Waals surface area contributed by atoms with Crippen LogP contribution in [0.1, 0.15) is 13.8 Å². The van der Waals surface area contributed by atoms with Crippen molar-refractivity contribution >= 4 is 13.6 Å². The molecule has 14 heavy (non-hydrogen) atoms. The van der Waals surface area contributed by atoms with Gasteiger partial charge in [0.1, 0.15) is 0 Å². The molecule has 0 aliphatic carbocycles. The van der Waals surface area contributed by atoms with E-state index in [0.717, 1.165) is 0 Å². The predicted molar refractivity (Wildman–Crippen MR) is 51.8 cm³/mol. The van der Waals surface area contributed by atoms with Gasteiger partial charge >= 0.3 is 13.6 Å². The summed E-state index contributed by atoms with van der Waals surface area (Å²) in [7, 11) is -4.01. The Kier molecular flexibility index (Phi) is 5.69. The van der Waals surface area contributed by atoms with Crippen LogP contribution in [0.25, 0.3) is 0 Å². The molecule has 82 valence electrons. The lowest BCUT2D eigenvalue weighted by Gasteiger charge is -2.05. The second-order valence-corrected chi connectivity index (χ2v) is 4.51. The molecule has 1 unspecified atom stereocenters. The van der Waals surface area contributed by atoms with Crippen molar-refractivity contribution in [2.24, 2.45) is 5.92 Å². The van der Waals surface area contributed by atoms with Crippen LogP contribution in [-0.2, 0) is 14.1 Å². The Hall–Kier alpha value is -0.640. The quantitative estimate of drug-likeness (QED) is 0.410. The number of hydrogen-bond donors (Lipinski definition) is 2. The van der Waals surface area contributed by atoms with Crippen LogP contribution in [-0.4, -0.2) is 28.5 Å². The summed E-state index contributed by atoms with van der Waals surface area (Å²) in [4.78, 5) is 28.1. The summed E-state index contributed by atoms with van der Waals surface area (Å²) in [6, 6.07) is 0. The van der Waals surface area contributed by atoms with Crippen LogP contribution in [0, 0.1) is 5.92 Å². The highest BCUT2D eigenvalue weighted by atomic mass is 31.2. The first-order chi connectivity index (χ1) is 6.37. The van der Waals surface area contributed by atoms with E-state index in [0.29, 0.717) is 6.61 Å². The summed E-state index contributed by atoms with van der Waals surface area (Å²) < 4.78 is 15.1. The van der Waals surface area contributed by atoms with Crippen molar-refractivity contribution in [2.75, 3.05) is 12.8 Å². The third-order valence-corrected chi connectivity index (χ3v) is 2.11. The summed E-state index contributed by atoms with van der Waals surface area (Å²) >= 11 is 0. The lowest BCUT2D eigenvalue weighted by atomic mass is 10.2. The Morgan fingerprint density at radius 1 is 1.57 bits per heavy atom. The summed E-state index contributed by atoms with van der Waals surface area (Å²) in [5, 5.41) is 0. The molecule has 0 amide bonds. The Bertz CT molecular complexity index is 254. The molecule has 6 heteroatoms. The van der Waals surface area contributed by atoms with Gasteiger partial charge in [-0.3, -0.25) is 9.36 Å². The third kappa shape index (κ3) is 6.83. The smallest absolute Gasteiger partial charge is 0.329 e. The summed E-state index contributed by atoms with van der Waals surface area (Å²) in [5.41, 5.74) is 0. The molecule has 0 rings (SSSR count). The van der Waals surface area contributed by atoms with Crippen molar-refractivity contribution in [3.63, 3.8) is 0 Å². The van der Waals surface area contributed by atoms with E-state index in [9.17, 15) is 9.36 Å². The molecule has 0 fully saturated rings. The zero-order valence-electron chi connectivity index (χ0n) is 8.21. The van der Waals surface area contributed by atoms with Crippen LogP contribution in [0.2, 0.25) is 0 Å². The fourth-order valence-corrected chi connectivity index (χ4v) is 1.15. The molecule has 0 aliphatic rings. The standard InChI is InChI=1S/C8H15O5P/c1-3-13-8(9)7(2)5-4-6-14(10,11)12/h4-5,7H,3,6H2,1-2H3,(H2,10,11,12). The van der Waals surface area contributed by atoms with Gasteiger partial charge in [0.25, 0.3) is 0 Å². The molecule has 0 bridgehead atoms. The highest BCUT2D eigenvalue weighted by molar-refractivity contribution is 7.51. The number of ether oxygens (including phenoxy) is 1. The number of hydrogen-bond acceptors (Lipinski definition) is 3. The van der Waals surface area contributed by atoms with E-state index in [4.69, 9.17) is 14.5 Å². The minimum atomic E-state index is -4.01. The highest BCUT2D eigenvalue weighted by Gasteiger charge is 2.12. The number of rotatable bonds is 5. The number of allylic oxidation sites excluding steroid dienone is 1. The lowest BCUT2D eigenvalue weighted by Crippen LogP contribution is -2.12. The lowest BCUT2D eigenvalue weighted by molar-refractivity contribution is -0.145. The fraction of sp³-hybridized carbons (Fsp3) is 0.625. The molecule has 0 saturated heterocycles. The predicted octanol–water partition coefficient (Wildman–Crippen LogP) is 0.919. The average Bonchev–Trinajstić information content (AvgIpc) is 2.02. The second kappa shape index (κ2) is 5.96. The average molecular weight is 222 g/mol. The van der Waals surface area contributed by atoms with Crippen LogP contribution >= 0.6 is 7.60 Å². The number of carbonyl (C=O) groups excluding carboxylic acids is 1. The molecular formula is C8H15O5P. The van der Waals surface area contributed by atoms with E-state index in [-0.39, 0.29) is 6.16 Å². The Balaban J connectivity index is 3.99. The summed E-state index contributed by atoms with van der Waals surface area (Å²) in [5.74, 6) is -0.865. The highest BCUT2D eigenvalue weighted by Crippen LogP contribution is 2.33. The van der Waals surface area contributed by atoms with Gasteiger partial charge in [-0.25, -0.2) is 0 Å². The van der Waals surface area contributed by atoms with Gasteiger partial charge in [0, 0.05) is 0 Å². The molecule has 0 aromatic carbocycles. The SMILES string of the molecule is CCOC(=O)C(C)C=CCP(=O)(O)O. The van der Waals surface area contributed by atoms with Gasteiger partial charge < -0.3 is 14.5 Å². The Morgan fingerprint density at radius 3 is 2.57 bits per heavy atom. The van der Waals surface area contributed by atoms with E-state index in [2.05, 4.69) is 0 Å². The van der Waals surface area contributed by atoms with Gasteiger partial charge in [-0.15, -0.1) is 0 Å². The van der Waals surface area contributed by atoms with Crippen molar-refractivity contribution in [2.45, 2.75) is 13.8 Å². The molecular weight excluding hydrogens is 207 g/mol. The molecule has 0 aliphatic heterocycles. The van der Waals surface area contributed by atoms with E-state index in [1.807, 2.05) is 0 Å². The monoisotopic (exact) mass is 222 g/mol. The maximum Gasteiger partial charge on any atom is 0.329 e. The maximum absolute atomic E-state index is 11.0. The first-order valence-corrected chi connectivity index (χ1v) is 6.04. The van der Waals surface area contributed by atoms with E-state index < -0.39 is 19.5 Å². The second-order valence-electron chi connectivity index (χ2n) is 2.82. The van der Waals surface area contributed by atoms with Gasteiger partial charge in [0.05, 0.1) is 18.7 Å². The summed E-state index contributed by atoms with van der Waals surface area (Å²) in [6.45, 7) is 3.60. The maximum atomic E-state index is 11.0. The molecule has 0 radical (unpaired) electrons. The molecule has 1 atom stereocenters. The molecule has 0 aromatic rings. The van der Waals surface area contributed by atoms with Crippen molar-refractivity contribution in [3.8, 4) is 0 Å². The zero-order chi connectivity index (χ0) is 11.2. The van der Waals surface area contributed by atoms with Gasteiger partial charge in [-0.05, 0) is 13.8 Å². The Morgan fingerprint density at radius 2 is 2.14 bits per heavy atom. The molecule has 0 saturated carbocycles. The van der Waals surface area contributed by atoms with Crippen LogP contribution < -0.4 is 0 Å². The largest absolute Gasteiger partial charge is 0.466 e. The van der Waals surface area contributed by atoms with Crippen LogP contribution in [0.15, 0.2) is 12.2 Å². The van der Waals surface area contributed by atoms with Crippen LogP contribution in [0.4, 0.5) is 0 Å². The molecule has 0 heterocycles. The Labute approximate surface area is 82.9 Å². The van der Waals surface area contributed by atoms with E-state index >= 15 is 0 Å². The molecule has 5 nitrogen and oxygen atoms in total. The number of esters is 1. The van der Waals surface area contributed by atoms with Crippen molar-refractivity contribution in [1.82, 2.24) is 0 Å². The normalized spacial score (nSPS) is 14.3.